The van der Waals surface area contributed by atoms with E-state index in [1.54, 1.807) is 0 Å². The van der Waals surface area contributed by atoms with Crippen molar-refractivity contribution in [2.45, 2.75) is 75.7 Å². The van der Waals surface area contributed by atoms with Gasteiger partial charge in [0.1, 0.15) is 0 Å². The first-order chi connectivity index (χ1) is 7.70. The van der Waals surface area contributed by atoms with Gasteiger partial charge in [0.25, 0.3) is 0 Å². The van der Waals surface area contributed by atoms with Crippen LogP contribution in [0.15, 0.2) is 0 Å². The van der Waals surface area contributed by atoms with Crippen molar-refractivity contribution in [2.24, 2.45) is 0 Å². The predicted octanol–water partition coefficient (Wildman–Crippen LogP) is 1.53. The van der Waals surface area contributed by atoms with Crippen LogP contribution in [-0.4, -0.2) is 46.5 Å². The second kappa shape index (κ2) is 5.48. The zero-order valence-corrected chi connectivity index (χ0v) is 10.3. The monoisotopic (exact) mass is 227 g/mol. The molecule has 0 radical (unpaired) electrons. The SMILES string of the molecule is CN([C@@H]1CCCC[C@@H]1O)[C@H]1CCCC[C@@H]1O. The number of aliphatic hydroxyl groups excluding tert-OH is 2. The van der Waals surface area contributed by atoms with Crippen molar-refractivity contribution in [3.63, 3.8) is 0 Å². The Morgan fingerprint density at radius 1 is 0.750 bits per heavy atom. The van der Waals surface area contributed by atoms with Crippen LogP contribution in [0.1, 0.15) is 51.4 Å². The van der Waals surface area contributed by atoms with Crippen LogP contribution in [0.25, 0.3) is 0 Å². The van der Waals surface area contributed by atoms with Crippen LogP contribution >= 0.6 is 0 Å². The van der Waals surface area contributed by atoms with E-state index in [4.69, 9.17) is 0 Å². The fraction of sp³-hybridized carbons (Fsp3) is 1.00. The van der Waals surface area contributed by atoms with Crippen LogP contribution < -0.4 is 0 Å². The summed E-state index contributed by atoms with van der Waals surface area (Å²) in [5, 5.41) is 20.1. The smallest absolute Gasteiger partial charge is 0.0695 e. The van der Waals surface area contributed by atoms with Crippen molar-refractivity contribution >= 4 is 0 Å². The summed E-state index contributed by atoms with van der Waals surface area (Å²) in [6.07, 6.45) is 8.39. The van der Waals surface area contributed by atoms with Gasteiger partial charge in [-0.3, -0.25) is 4.90 Å². The number of rotatable bonds is 2. The lowest BCUT2D eigenvalue weighted by molar-refractivity contribution is -0.0371. The van der Waals surface area contributed by atoms with Crippen LogP contribution in [0.3, 0.4) is 0 Å². The van der Waals surface area contributed by atoms with Gasteiger partial charge in [0, 0.05) is 12.1 Å². The molecule has 2 saturated carbocycles. The lowest BCUT2D eigenvalue weighted by atomic mass is 9.86. The fourth-order valence-corrected chi connectivity index (χ4v) is 3.38. The molecule has 0 spiro atoms. The van der Waals surface area contributed by atoms with Crippen molar-refractivity contribution in [1.82, 2.24) is 4.90 Å². The number of hydrogen-bond donors (Lipinski definition) is 2. The lowest BCUT2D eigenvalue weighted by Gasteiger charge is -2.43. The third-order valence-corrected chi connectivity index (χ3v) is 4.43. The van der Waals surface area contributed by atoms with E-state index in [0.29, 0.717) is 0 Å². The van der Waals surface area contributed by atoms with Crippen LogP contribution in [-0.2, 0) is 0 Å². The maximum absolute atomic E-state index is 10.0. The fourth-order valence-electron chi connectivity index (χ4n) is 3.38. The van der Waals surface area contributed by atoms with Gasteiger partial charge in [-0.25, -0.2) is 0 Å². The largest absolute Gasteiger partial charge is 0.391 e. The number of hydrogen-bond acceptors (Lipinski definition) is 3. The molecule has 0 aromatic rings. The Hall–Kier alpha value is -0.120. The summed E-state index contributed by atoms with van der Waals surface area (Å²) < 4.78 is 0. The minimum Gasteiger partial charge on any atom is -0.391 e. The zero-order valence-electron chi connectivity index (χ0n) is 10.3. The molecule has 16 heavy (non-hydrogen) atoms. The molecular weight excluding hydrogens is 202 g/mol. The van der Waals surface area contributed by atoms with Crippen molar-refractivity contribution in [2.75, 3.05) is 7.05 Å². The molecule has 2 aliphatic carbocycles. The first kappa shape index (κ1) is 12.3. The number of likely N-dealkylation sites (N-methyl/N-ethyl adjacent to an activating group) is 1. The molecule has 2 N–H and O–H groups in total. The summed E-state index contributed by atoms with van der Waals surface area (Å²) in [5.74, 6) is 0. The van der Waals surface area contributed by atoms with E-state index in [9.17, 15) is 10.2 Å². The average Bonchev–Trinajstić information content (AvgIpc) is 2.29. The molecular formula is C13H25NO2. The molecule has 0 aliphatic heterocycles. The topological polar surface area (TPSA) is 43.7 Å². The Bertz CT molecular complexity index is 200. The molecule has 2 rings (SSSR count). The highest BCUT2D eigenvalue weighted by atomic mass is 16.3. The van der Waals surface area contributed by atoms with Gasteiger partial charge in [-0.2, -0.15) is 0 Å². The van der Waals surface area contributed by atoms with Crippen LogP contribution in [0.2, 0.25) is 0 Å². The summed E-state index contributed by atoms with van der Waals surface area (Å²) in [6, 6.07) is 0.540. The number of nitrogens with zero attached hydrogens (tertiary/aromatic N) is 1. The molecule has 2 fully saturated rings. The summed E-state index contributed by atoms with van der Waals surface area (Å²) in [6.45, 7) is 0. The van der Waals surface area contributed by atoms with Gasteiger partial charge in [-0.15, -0.1) is 0 Å². The second-order valence-corrected chi connectivity index (χ2v) is 5.50. The highest BCUT2D eigenvalue weighted by molar-refractivity contribution is 4.89. The standard InChI is InChI=1S/C13H25NO2/c1-14(10-6-2-4-8-12(10)15)11-7-3-5-9-13(11)16/h10-13,15-16H,2-9H2,1H3/t10-,11+,12-,13-/m0/s1. The van der Waals surface area contributed by atoms with Crippen molar-refractivity contribution < 1.29 is 10.2 Å². The molecule has 0 unspecified atom stereocenters. The highest BCUT2D eigenvalue weighted by Crippen LogP contribution is 2.29. The van der Waals surface area contributed by atoms with E-state index in [1.165, 1.54) is 12.8 Å². The van der Waals surface area contributed by atoms with Gasteiger partial charge in [0.15, 0.2) is 0 Å². The van der Waals surface area contributed by atoms with Crippen molar-refractivity contribution in [3.8, 4) is 0 Å². The molecule has 3 heteroatoms. The molecule has 0 amide bonds. The molecule has 2 aliphatic rings. The summed E-state index contributed by atoms with van der Waals surface area (Å²) in [5.41, 5.74) is 0. The summed E-state index contributed by atoms with van der Waals surface area (Å²) >= 11 is 0. The molecule has 94 valence electrons. The molecule has 0 aromatic heterocycles. The maximum atomic E-state index is 10.0. The average molecular weight is 227 g/mol. The number of aliphatic hydroxyl groups is 2. The molecule has 3 nitrogen and oxygen atoms in total. The summed E-state index contributed by atoms with van der Waals surface area (Å²) in [7, 11) is 2.08. The Morgan fingerprint density at radius 2 is 1.12 bits per heavy atom. The zero-order chi connectivity index (χ0) is 11.5. The molecule has 0 bridgehead atoms. The van der Waals surface area contributed by atoms with Gasteiger partial charge in [-0.1, -0.05) is 25.7 Å². The summed E-state index contributed by atoms with van der Waals surface area (Å²) in [4.78, 5) is 2.26. The first-order valence-corrected chi connectivity index (χ1v) is 6.78. The van der Waals surface area contributed by atoms with E-state index in [-0.39, 0.29) is 24.3 Å². The highest BCUT2D eigenvalue weighted by Gasteiger charge is 2.34. The van der Waals surface area contributed by atoms with E-state index in [2.05, 4.69) is 11.9 Å². The quantitative estimate of drug-likeness (QED) is 0.752. The second-order valence-electron chi connectivity index (χ2n) is 5.50. The van der Waals surface area contributed by atoms with Gasteiger partial charge >= 0.3 is 0 Å². The van der Waals surface area contributed by atoms with Gasteiger partial charge in [0.2, 0.25) is 0 Å². The van der Waals surface area contributed by atoms with Gasteiger partial charge in [0.05, 0.1) is 12.2 Å². The van der Waals surface area contributed by atoms with E-state index < -0.39 is 0 Å². The normalized spacial score (nSPS) is 41.2. The first-order valence-electron chi connectivity index (χ1n) is 6.78. The van der Waals surface area contributed by atoms with E-state index in [0.717, 1.165) is 38.5 Å². The third kappa shape index (κ3) is 2.58. The van der Waals surface area contributed by atoms with E-state index in [1.807, 2.05) is 0 Å². The predicted molar refractivity (Wildman–Crippen MR) is 64.3 cm³/mol. The van der Waals surface area contributed by atoms with E-state index >= 15 is 0 Å². The Kier molecular flexibility index (Phi) is 4.22. The minimum absolute atomic E-state index is 0.187. The van der Waals surface area contributed by atoms with Gasteiger partial charge in [-0.05, 0) is 32.7 Å². The van der Waals surface area contributed by atoms with Crippen LogP contribution in [0.5, 0.6) is 0 Å². The lowest BCUT2D eigenvalue weighted by Crippen LogP contribution is -2.53. The maximum Gasteiger partial charge on any atom is 0.0695 e. The van der Waals surface area contributed by atoms with Crippen molar-refractivity contribution in [1.29, 1.82) is 0 Å². The third-order valence-electron chi connectivity index (χ3n) is 4.43. The van der Waals surface area contributed by atoms with Gasteiger partial charge < -0.3 is 10.2 Å². The van der Waals surface area contributed by atoms with Crippen LogP contribution in [0, 0.1) is 0 Å². The molecule has 4 atom stereocenters. The minimum atomic E-state index is -0.187. The van der Waals surface area contributed by atoms with Crippen molar-refractivity contribution in [3.05, 3.63) is 0 Å². The Morgan fingerprint density at radius 3 is 1.50 bits per heavy atom. The molecule has 0 heterocycles. The Labute approximate surface area is 98.5 Å². The van der Waals surface area contributed by atoms with Crippen LogP contribution in [0.4, 0.5) is 0 Å². The Balaban J connectivity index is 1.96. The molecule has 0 aromatic carbocycles. The molecule has 0 saturated heterocycles.